The van der Waals surface area contributed by atoms with E-state index < -0.39 is 5.56 Å². The zero-order valence-electron chi connectivity index (χ0n) is 3.05. The maximum atomic E-state index is 10.1. The molecule has 0 amide bonds. The van der Waals surface area contributed by atoms with E-state index in [0.717, 1.165) is 0 Å². The Kier molecular flexibility index (Phi) is 1.03. The lowest BCUT2D eigenvalue weighted by Crippen LogP contribution is -2.11. The van der Waals surface area contributed by atoms with Gasteiger partial charge in [0.15, 0.2) is 0 Å². The summed E-state index contributed by atoms with van der Waals surface area (Å²) in [6.07, 6.45) is 1.66. The Bertz CT molecular complexity index is 65.2. The second-order valence-electron chi connectivity index (χ2n) is 0.937. The van der Waals surface area contributed by atoms with Crippen LogP contribution in [-0.4, -0.2) is 5.56 Å². The maximum Gasteiger partial charge on any atom is 0.213 e. The van der Waals surface area contributed by atoms with Gasteiger partial charge < -0.3 is 5.32 Å². The Morgan fingerprint density at radius 2 is 2.67 bits per heavy atom. The van der Waals surface area contributed by atoms with Gasteiger partial charge in [-0.05, 0) is 5.41 Å². The van der Waals surface area contributed by atoms with Crippen molar-refractivity contribution in [3.05, 3.63) is 11.6 Å². The number of nitrogens with one attached hydrogen (secondary N) is 1. The molecule has 1 atom stereocenters. The van der Waals surface area contributed by atoms with Gasteiger partial charge in [0.05, 0.1) is 0 Å². The number of thioether (sulfide) groups is 1. The maximum absolute atomic E-state index is 10.1. The molecule has 0 fully saturated rings. The first-order valence-corrected chi connectivity index (χ1v) is 2.56. The van der Waals surface area contributed by atoms with Crippen molar-refractivity contribution in [2.45, 2.75) is 5.56 Å². The van der Waals surface area contributed by atoms with Gasteiger partial charge in [-0.25, -0.2) is 0 Å². The molecule has 33 valence electrons. The summed E-state index contributed by atoms with van der Waals surface area (Å²) >= 11 is 1.25. The molecule has 1 aliphatic rings. The average Bonchev–Trinajstić information content (AvgIpc) is 1.86. The molecule has 0 spiro atoms. The van der Waals surface area contributed by atoms with Gasteiger partial charge in [0.1, 0.15) is 0 Å². The van der Waals surface area contributed by atoms with Gasteiger partial charge >= 0.3 is 0 Å². The Labute approximate surface area is 40.2 Å². The minimum atomic E-state index is -0.648. The summed E-state index contributed by atoms with van der Waals surface area (Å²) in [5, 5.41) is 14.4. The molecule has 1 radical (unpaired) electrons. The lowest BCUT2D eigenvalue weighted by molar-refractivity contribution is 0.151. The van der Waals surface area contributed by atoms with Gasteiger partial charge in [-0.3, -0.25) is 0 Å². The van der Waals surface area contributed by atoms with E-state index in [0.29, 0.717) is 0 Å². The molecule has 0 aromatic carbocycles. The van der Waals surface area contributed by atoms with Crippen molar-refractivity contribution >= 4 is 11.8 Å². The zero-order chi connectivity index (χ0) is 4.41. The smallest absolute Gasteiger partial charge is 0.213 e. The van der Waals surface area contributed by atoms with Crippen LogP contribution >= 0.6 is 11.8 Å². The Hall–Kier alpha value is -0.150. The number of hydrogen-bond donors (Lipinski definition) is 1. The fraction of sp³-hybridized carbons (Fsp3) is 0.333. The monoisotopic (exact) mass is 102 g/mol. The molecule has 0 aliphatic carbocycles. The van der Waals surface area contributed by atoms with E-state index in [9.17, 15) is 5.11 Å². The van der Waals surface area contributed by atoms with Crippen LogP contribution in [0.15, 0.2) is 11.6 Å². The summed E-state index contributed by atoms with van der Waals surface area (Å²) < 4.78 is 0. The van der Waals surface area contributed by atoms with Crippen molar-refractivity contribution in [2.24, 2.45) is 0 Å². The van der Waals surface area contributed by atoms with Gasteiger partial charge in [-0.2, -0.15) is 5.11 Å². The van der Waals surface area contributed by atoms with E-state index in [4.69, 9.17) is 0 Å². The Balaban J connectivity index is 2.32. The largest absolute Gasteiger partial charge is 0.355 e. The average molecular weight is 102 g/mol. The third-order valence-electron chi connectivity index (χ3n) is 0.503. The van der Waals surface area contributed by atoms with E-state index in [1.54, 1.807) is 11.6 Å². The summed E-state index contributed by atoms with van der Waals surface area (Å²) in [6.45, 7) is 0. The molecule has 6 heavy (non-hydrogen) atoms. The number of hydrogen-bond acceptors (Lipinski definition) is 2. The molecule has 1 aliphatic heterocycles. The third kappa shape index (κ3) is 0.666. The molecule has 0 aromatic rings. The van der Waals surface area contributed by atoms with Crippen LogP contribution in [0.1, 0.15) is 0 Å². The van der Waals surface area contributed by atoms with Crippen molar-refractivity contribution in [1.29, 1.82) is 0 Å². The van der Waals surface area contributed by atoms with E-state index in [1.165, 1.54) is 11.8 Å². The minimum absolute atomic E-state index is 0.648. The van der Waals surface area contributed by atoms with E-state index >= 15 is 0 Å². The highest BCUT2D eigenvalue weighted by molar-refractivity contribution is 8.02. The van der Waals surface area contributed by atoms with Crippen molar-refractivity contribution in [1.82, 2.24) is 5.32 Å². The number of rotatable bonds is 0. The van der Waals surface area contributed by atoms with Crippen LogP contribution in [0.2, 0.25) is 0 Å². The summed E-state index contributed by atoms with van der Waals surface area (Å²) in [7, 11) is 0. The van der Waals surface area contributed by atoms with E-state index in [-0.39, 0.29) is 0 Å². The fourth-order valence-electron chi connectivity index (χ4n) is 0.268. The standard InChI is InChI=1S/C3H4NOS/c5-3-4-1-2-6-3/h1-4H. The fourth-order valence-corrected chi connectivity index (χ4v) is 0.725. The first-order chi connectivity index (χ1) is 2.89. The lowest BCUT2D eigenvalue weighted by atomic mass is 11.0. The van der Waals surface area contributed by atoms with Crippen molar-refractivity contribution < 1.29 is 5.11 Å². The highest BCUT2D eigenvalue weighted by Crippen LogP contribution is 2.11. The predicted molar refractivity (Wildman–Crippen MR) is 24.3 cm³/mol. The molecule has 1 N–H and O–H groups in total. The molecule has 0 bridgehead atoms. The molecule has 3 heteroatoms. The highest BCUT2D eigenvalue weighted by atomic mass is 32.2. The predicted octanol–water partition coefficient (Wildman–Crippen LogP) is 0.508. The quantitative estimate of drug-likeness (QED) is 0.483. The molecular weight excluding hydrogens is 98.1 g/mol. The Morgan fingerprint density at radius 1 is 1.83 bits per heavy atom. The van der Waals surface area contributed by atoms with E-state index in [2.05, 4.69) is 5.32 Å². The SMILES string of the molecule is [O]C1NC=CS1. The van der Waals surface area contributed by atoms with Crippen LogP contribution in [0.3, 0.4) is 0 Å². The summed E-state index contributed by atoms with van der Waals surface area (Å²) in [4.78, 5) is 0. The molecule has 0 saturated carbocycles. The summed E-state index contributed by atoms with van der Waals surface area (Å²) in [6, 6.07) is 0. The van der Waals surface area contributed by atoms with Crippen LogP contribution in [0.4, 0.5) is 0 Å². The van der Waals surface area contributed by atoms with Crippen LogP contribution < -0.4 is 5.32 Å². The molecule has 1 rings (SSSR count). The third-order valence-corrected chi connectivity index (χ3v) is 1.18. The second-order valence-corrected chi connectivity index (χ2v) is 1.91. The Morgan fingerprint density at radius 3 is 2.83 bits per heavy atom. The van der Waals surface area contributed by atoms with Crippen molar-refractivity contribution in [3.63, 3.8) is 0 Å². The van der Waals surface area contributed by atoms with Crippen LogP contribution in [0, 0.1) is 0 Å². The summed E-state index contributed by atoms with van der Waals surface area (Å²) in [5.74, 6) is 0. The summed E-state index contributed by atoms with van der Waals surface area (Å²) in [5.41, 5.74) is -0.648. The normalized spacial score (nSPS) is 30.5. The molecule has 1 heterocycles. The molecule has 1 unspecified atom stereocenters. The second kappa shape index (κ2) is 1.53. The van der Waals surface area contributed by atoms with Gasteiger partial charge in [0, 0.05) is 6.20 Å². The lowest BCUT2D eigenvalue weighted by Gasteiger charge is -1.91. The van der Waals surface area contributed by atoms with Crippen molar-refractivity contribution in [2.75, 3.05) is 0 Å². The van der Waals surface area contributed by atoms with Gasteiger partial charge in [0.25, 0.3) is 0 Å². The molecule has 2 nitrogen and oxygen atoms in total. The van der Waals surface area contributed by atoms with Crippen LogP contribution in [0.5, 0.6) is 0 Å². The first kappa shape index (κ1) is 4.02. The highest BCUT2D eigenvalue weighted by Gasteiger charge is 2.03. The zero-order valence-corrected chi connectivity index (χ0v) is 3.87. The molecule has 0 aromatic heterocycles. The molecular formula is C3H4NOS. The van der Waals surface area contributed by atoms with Gasteiger partial charge in [0.2, 0.25) is 5.56 Å². The minimum Gasteiger partial charge on any atom is -0.355 e. The van der Waals surface area contributed by atoms with E-state index in [1.807, 2.05) is 0 Å². The van der Waals surface area contributed by atoms with Gasteiger partial charge in [-0.15, -0.1) is 0 Å². The molecule has 0 saturated heterocycles. The topological polar surface area (TPSA) is 31.9 Å². The first-order valence-electron chi connectivity index (χ1n) is 1.62. The van der Waals surface area contributed by atoms with Gasteiger partial charge in [-0.1, -0.05) is 11.8 Å². The van der Waals surface area contributed by atoms with Crippen LogP contribution in [0.25, 0.3) is 0 Å². The van der Waals surface area contributed by atoms with Crippen molar-refractivity contribution in [3.8, 4) is 0 Å². The van der Waals surface area contributed by atoms with Crippen LogP contribution in [-0.2, 0) is 5.11 Å².